The van der Waals surface area contributed by atoms with Crippen molar-refractivity contribution in [2.24, 2.45) is 0 Å². The number of carbonyl (C=O) groups is 1. The Morgan fingerprint density at radius 1 is 1.08 bits per heavy atom. The minimum Gasteiger partial charge on any atom is -0.338 e. The van der Waals surface area contributed by atoms with Crippen LogP contribution in [0.1, 0.15) is 10.4 Å². The zero-order valence-electron chi connectivity index (χ0n) is 13.4. The van der Waals surface area contributed by atoms with Crippen molar-refractivity contribution in [1.29, 1.82) is 0 Å². The van der Waals surface area contributed by atoms with Crippen LogP contribution in [-0.4, -0.2) is 20.9 Å². The quantitative estimate of drug-likeness (QED) is 0.524. The van der Waals surface area contributed by atoms with E-state index in [-0.39, 0.29) is 18.3 Å². The van der Waals surface area contributed by atoms with Gasteiger partial charge in [-0.1, -0.05) is 23.7 Å². The van der Waals surface area contributed by atoms with Crippen LogP contribution in [0.25, 0.3) is 22.4 Å². The molecule has 0 aliphatic carbocycles. The van der Waals surface area contributed by atoms with Gasteiger partial charge >= 0.3 is 0 Å². The fraction of sp³-hybridized carbons (Fsp3) is 0. The molecule has 7 heteroatoms. The van der Waals surface area contributed by atoms with Crippen LogP contribution < -0.4 is 5.32 Å². The lowest BCUT2D eigenvalue weighted by Gasteiger charge is -2.08. The average Bonchev–Trinajstić information content (AvgIpc) is 3.08. The number of aromatic amines is 1. The summed E-state index contributed by atoms with van der Waals surface area (Å²) in [5.74, 6) is 0.426. The molecule has 0 aliphatic rings. The number of hydrogen-bond acceptors (Lipinski definition) is 3. The molecule has 0 unspecified atom stereocenters. The van der Waals surface area contributed by atoms with Crippen molar-refractivity contribution in [1.82, 2.24) is 15.0 Å². The monoisotopic (exact) mass is 384 g/mol. The standard InChI is InChI=1S/C19H13ClN4O.ClH/c20-15-8-7-13(22-19(25)12-4-3-9-21-11-12)10-14(15)18-23-16-5-1-2-6-17(16)24-18;/h1-11H,(H,22,25)(H,23,24);1H. The number of aromatic nitrogens is 3. The maximum Gasteiger partial charge on any atom is 0.257 e. The van der Waals surface area contributed by atoms with E-state index in [0.29, 0.717) is 22.1 Å². The second-order valence-corrected chi connectivity index (χ2v) is 5.90. The summed E-state index contributed by atoms with van der Waals surface area (Å²) >= 11 is 6.33. The summed E-state index contributed by atoms with van der Waals surface area (Å²) in [7, 11) is 0. The maximum absolute atomic E-state index is 12.3. The van der Waals surface area contributed by atoms with E-state index in [1.54, 1.807) is 36.5 Å². The van der Waals surface area contributed by atoms with Crippen LogP contribution in [-0.2, 0) is 0 Å². The van der Waals surface area contributed by atoms with E-state index in [0.717, 1.165) is 16.6 Å². The molecule has 2 N–H and O–H groups in total. The SMILES string of the molecule is Cl.O=C(Nc1ccc(Cl)c(-c2nc3ccccc3[nH]2)c1)c1cccnc1. The van der Waals surface area contributed by atoms with Gasteiger partial charge in [-0.25, -0.2) is 4.98 Å². The van der Waals surface area contributed by atoms with E-state index in [2.05, 4.69) is 20.3 Å². The van der Waals surface area contributed by atoms with E-state index in [9.17, 15) is 4.79 Å². The number of imidazole rings is 1. The van der Waals surface area contributed by atoms with Crippen LogP contribution in [0.5, 0.6) is 0 Å². The van der Waals surface area contributed by atoms with E-state index >= 15 is 0 Å². The second-order valence-electron chi connectivity index (χ2n) is 5.49. The molecule has 2 heterocycles. The van der Waals surface area contributed by atoms with Gasteiger partial charge < -0.3 is 10.3 Å². The molecule has 0 aliphatic heterocycles. The number of nitrogens with one attached hydrogen (secondary N) is 2. The Bertz CT molecular complexity index is 1030. The zero-order valence-corrected chi connectivity index (χ0v) is 15.0. The zero-order chi connectivity index (χ0) is 17.2. The molecule has 0 saturated heterocycles. The molecule has 1 amide bonds. The number of anilines is 1. The Labute approximate surface area is 160 Å². The number of nitrogens with zero attached hydrogens (tertiary/aromatic N) is 2. The molecule has 4 aromatic rings. The number of hydrogen-bond donors (Lipinski definition) is 2. The lowest BCUT2D eigenvalue weighted by molar-refractivity contribution is 0.102. The van der Waals surface area contributed by atoms with Crippen LogP contribution in [0.3, 0.4) is 0 Å². The van der Waals surface area contributed by atoms with Crippen LogP contribution >= 0.6 is 24.0 Å². The van der Waals surface area contributed by atoms with Crippen molar-refractivity contribution < 1.29 is 4.79 Å². The summed E-state index contributed by atoms with van der Waals surface area (Å²) in [5, 5.41) is 3.40. The smallest absolute Gasteiger partial charge is 0.257 e. The molecule has 0 radical (unpaired) electrons. The fourth-order valence-corrected chi connectivity index (χ4v) is 2.77. The van der Waals surface area contributed by atoms with Gasteiger partial charge in [-0.3, -0.25) is 9.78 Å². The first kappa shape index (κ1) is 17.9. The van der Waals surface area contributed by atoms with Crippen LogP contribution in [0, 0.1) is 0 Å². The molecule has 2 aromatic carbocycles. The number of para-hydroxylation sites is 2. The summed E-state index contributed by atoms with van der Waals surface area (Å²) in [6.45, 7) is 0. The Kier molecular flexibility index (Phi) is 5.21. The van der Waals surface area contributed by atoms with Crippen molar-refractivity contribution >= 4 is 46.6 Å². The minimum absolute atomic E-state index is 0. The molecular weight excluding hydrogens is 371 g/mol. The van der Waals surface area contributed by atoms with Crippen molar-refractivity contribution in [3.05, 3.63) is 77.6 Å². The molecule has 5 nitrogen and oxygen atoms in total. The highest BCUT2D eigenvalue weighted by Gasteiger charge is 2.12. The van der Waals surface area contributed by atoms with Gasteiger partial charge in [0.25, 0.3) is 5.91 Å². The van der Waals surface area contributed by atoms with Gasteiger partial charge in [0.15, 0.2) is 0 Å². The number of H-pyrrole nitrogens is 1. The highest BCUT2D eigenvalue weighted by Crippen LogP contribution is 2.30. The van der Waals surface area contributed by atoms with Gasteiger partial charge in [0, 0.05) is 23.6 Å². The fourth-order valence-electron chi connectivity index (χ4n) is 2.57. The number of pyridine rings is 1. The molecule has 4 rings (SSSR count). The highest BCUT2D eigenvalue weighted by molar-refractivity contribution is 6.33. The maximum atomic E-state index is 12.3. The normalized spacial score (nSPS) is 10.3. The number of rotatable bonds is 3. The largest absolute Gasteiger partial charge is 0.338 e. The van der Waals surface area contributed by atoms with Gasteiger partial charge in [-0.2, -0.15) is 0 Å². The number of halogens is 2. The molecule has 2 aromatic heterocycles. The van der Waals surface area contributed by atoms with Gasteiger partial charge in [0.2, 0.25) is 0 Å². The molecular formula is C19H14Cl2N4O. The third-order valence-corrected chi connectivity index (χ3v) is 4.12. The summed E-state index contributed by atoms with van der Waals surface area (Å²) in [5.41, 5.74) is 3.63. The first-order chi connectivity index (χ1) is 12.2. The van der Waals surface area contributed by atoms with Gasteiger partial charge in [-0.05, 0) is 42.5 Å². The minimum atomic E-state index is -0.231. The topological polar surface area (TPSA) is 70.7 Å². The predicted octanol–water partition coefficient (Wildman–Crippen LogP) is 4.95. The van der Waals surface area contributed by atoms with Crippen LogP contribution in [0.4, 0.5) is 5.69 Å². The van der Waals surface area contributed by atoms with E-state index in [1.165, 1.54) is 6.20 Å². The molecule has 130 valence electrons. The van der Waals surface area contributed by atoms with Crippen LogP contribution in [0.2, 0.25) is 5.02 Å². The highest BCUT2D eigenvalue weighted by atomic mass is 35.5. The third-order valence-electron chi connectivity index (χ3n) is 3.79. The van der Waals surface area contributed by atoms with Gasteiger partial charge in [0.1, 0.15) is 5.82 Å². The Morgan fingerprint density at radius 3 is 2.69 bits per heavy atom. The third kappa shape index (κ3) is 3.54. The molecule has 0 saturated carbocycles. The lowest BCUT2D eigenvalue weighted by atomic mass is 10.1. The van der Waals surface area contributed by atoms with Crippen molar-refractivity contribution in [2.75, 3.05) is 5.32 Å². The summed E-state index contributed by atoms with van der Waals surface area (Å²) < 4.78 is 0. The van der Waals surface area contributed by atoms with Crippen LogP contribution in [0.15, 0.2) is 67.0 Å². The number of fused-ring (bicyclic) bond motifs is 1. The molecule has 0 atom stereocenters. The molecule has 0 bridgehead atoms. The number of amides is 1. The first-order valence-corrected chi connectivity index (χ1v) is 8.04. The van der Waals surface area contributed by atoms with Crippen molar-refractivity contribution in [3.63, 3.8) is 0 Å². The van der Waals surface area contributed by atoms with E-state index in [4.69, 9.17) is 11.6 Å². The molecule has 0 spiro atoms. The second kappa shape index (κ2) is 7.56. The first-order valence-electron chi connectivity index (χ1n) is 7.67. The Morgan fingerprint density at radius 2 is 1.92 bits per heavy atom. The van der Waals surface area contributed by atoms with Crippen molar-refractivity contribution in [2.45, 2.75) is 0 Å². The van der Waals surface area contributed by atoms with Gasteiger partial charge in [-0.15, -0.1) is 12.4 Å². The average molecular weight is 385 g/mol. The Hall–Kier alpha value is -2.89. The van der Waals surface area contributed by atoms with Gasteiger partial charge in [0.05, 0.1) is 21.6 Å². The Balaban J connectivity index is 0.00000196. The number of benzene rings is 2. The predicted molar refractivity (Wildman–Crippen MR) is 106 cm³/mol. The molecule has 26 heavy (non-hydrogen) atoms. The van der Waals surface area contributed by atoms with E-state index < -0.39 is 0 Å². The lowest BCUT2D eigenvalue weighted by Crippen LogP contribution is -2.12. The van der Waals surface area contributed by atoms with E-state index in [1.807, 2.05) is 24.3 Å². The summed E-state index contributed by atoms with van der Waals surface area (Å²) in [4.78, 5) is 24.0. The van der Waals surface area contributed by atoms with Crippen molar-refractivity contribution in [3.8, 4) is 11.4 Å². The summed E-state index contributed by atoms with van der Waals surface area (Å²) in [6, 6.07) is 16.5. The molecule has 0 fully saturated rings. The number of carbonyl (C=O) groups excluding carboxylic acids is 1. The summed E-state index contributed by atoms with van der Waals surface area (Å²) in [6.07, 6.45) is 3.14.